The third kappa shape index (κ3) is 5.18. The molecular weight excluding hydrogens is 417 g/mol. The monoisotopic (exact) mass is 434 g/mol. The molecule has 0 aliphatic rings. The first-order valence-corrected chi connectivity index (χ1v) is 8.88. The Morgan fingerprint density at radius 3 is 2.45 bits per heavy atom. The van der Waals surface area contributed by atoms with Gasteiger partial charge in [-0.1, -0.05) is 18.2 Å². The maximum atomic E-state index is 13.4. The van der Waals surface area contributed by atoms with E-state index in [1.54, 1.807) is 25.2 Å². The van der Waals surface area contributed by atoms with Crippen LogP contribution in [0.25, 0.3) is 11.5 Å². The van der Waals surface area contributed by atoms with Crippen molar-refractivity contribution >= 4 is 23.4 Å². The van der Waals surface area contributed by atoms with E-state index in [1.807, 2.05) is 0 Å². The third-order valence-electron chi connectivity index (χ3n) is 4.11. The van der Waals surface area contributed by atoms with Crippen LogP contribution in [0.15, 0.2) is 53.1 Å². The predicted octanol–water partition coefficient (Wildman–Crippen LogP) is 3.62. The molecule has 1 aromatic carbocycles. The van der Waals surface area contributed by atoms with Gasteiger partial charge in [0, 0.05) is 12.6 Å². The van der Waals surface area contributed by atoms with Crippen LogP contribution >= 0.6 is 0 Å². The SMILES string of the molecule is COC(=O)CN(C)c1ccc(NC(=O)c2nc(-c3ccccc3)oc2C(F)(F)F)cn1. The second-order valence-electron chi connectivity index (χ2n) is 6.35. The first-order chi connectivity index (χ1) is 14.7. The molecule has 0 fully saturated rings. The summed E-state index contributed by atoms with van der Waals surface area (Å²) < 4.78 is 49.6. The van der Waals surface area contributed by atoms with Gasteiger partial charge in [0.25, 0.3) is 5.91 Å². The molecular formula is C20H17F3N4O4. The number of rotatable bonds is 6. The van der Waals surface area contributed by atoms with E-state index in [4.69, 9.17) is 4.42 Å². The molecule has 0 saturated heterocycles. The number of anilines is 2. The number of aromatic nitrogens is 2. The van der Waals surface area contributed by atoms with E-state index in [9.17, 15) is 22.8 Å². The normalized spacial score (nSPS) is 11.1. The number of benzene rings is 1. The highest BCUT2D eigenvalue weighted by molar-refractivity contribution is 6.04. The van der Waals surface area contributed by atoms with Crippen LogP contribution in [-0.4, -0.2) is 42.5 Å². The minimum absolute atomic E-state index is 0.0502. The van der Waals surface area contributed by atoms with Crippen LogP contribution in [-0.2, 0) is 15.7 Å². The minimum Gasteiger partial charge on any atom is -0.468 e. The Bertz CT molecular complexity index is 1070. The number of carbonyl (C=O) groups is 2. The van der Waals surface area contributed by atoms with Crippen LogP contribution in [0.5, 0.6) is 0 Å². The minimum atomic E-state index is -4.91. The molecule has 8 nitrogen and oxygen atoms in total. The Morgan fingerprint density at radius 1 is 1.16 bits per heavy atom. The summed E-state index contributed by atoms with van der Waals surface area (Å²) in [5.41, 5.74) is -0.456. The number of hydrogen-bond donors (Lipinski definition) is 1. The van der Waals surface area contributed by atoms with Gasteiger partial charge in [0.1, 0.15) is 12.4 Å². The zero-order valence-electron chi connectivity index (χ0n) is 16.4. The number of hydrogen-bond acceptors (Lipinski definition) is 7. The van der Waals surface area contributed by atoms with Crippen molar-refractivity contribution in [1.82, 2.24) is 9.97 Å². The molecule has 0 aliphatic heterocycles. The van der Waals surface area contributed by atoms with Gasteiger partial charge in [0.15, 0.2) is 5.69 Å². The second kappa shape index (κ2) is 8.86. The third-order valence-corrected chi connectivity index (χ3v) is 4.11. The number of pyridine rings is 1. The van der Waals surface area contributed by atoms with Gasteiger partial charge >= 0.3 is 12.1 Å². The lowest BCUT2D eigenvalue weighted by Crippen LogP contribution is -2.27. The van der Waals surface area contributed by atoms with Gasteiger partial charge in [0.05, 0.1) is 19.0 Å². The van der Waals surface area contributed by atoms with Crippen LogP contribution in [0.1, 0.15) is 16.2 Å². The number of methoxy groups -OCH3 is 1. The number of esters is 1. The lowest BCUT2D eigenvalue weighted by Gasteiger charge is -2.16. The van der Waals surface area contributed by atoms with Crippen molar-refractivity contribution in [3.8, 4) is 11.5 Å². The fourth-order valence-corrected chi connectivity index (χ4v) is 2.59. The average Bonchev–Trinajstić information content (AvgIpc) is 3.21. The molecule has 31 heavy (non-hydrogen) atoms. The Hall–Kier alpha value is -3.89. The van der Waals surface area contributed by atoms with E-state index in [2.05, 4.69) is 20.0 Å². The molecule has 0 bridgehead atoms. The smallest absolute Gasteiger partial charge is 0.452 e. The molecule has 3 rings (SSSR count). The summed E-state index contributed by atoms with van der Waals surface area (Å²) in [5, 5.41) is 2.32. The number of halogens is 3. The molecule has 1 N–H and O–H groups in total. The molecule has 0 unspecified atom stereocenters. The number of nitrogens with zero attached hydrogens (tertiary/aromatic N) is 3. The van der Waals surface area contributed by atoms with Gasteiger partial charge in [-0.3, -0.25) is 9.59 Å². The van der Waals surface area contributed by atoms with E-state index in [0.717, 1.165) is 0 Å². The van der Waals surface area contributed by atoms with Crippen molar-refractivity contribution in [1.29, 1.82) is 0 Å². The maximum Gasteiger partial charge on any atom is 0.452 e. The van der Waals surface area contributed by atoms with Crippen LogP contribution in [0.2, 0.25) is 0 Å². The van der Waals surface area contributed by atoms with Crippen molar-refractivity contribution in [2.75, 3.05) is 30.9 Å². The van der Waals surface area contributed by atoms with Gasteiger partial charge in [-0.15, -0.1) is 0 Å². The van der Waals surface area contributed by atoms with Gasteiger partial charge in [-0.05, 0) is 24.3 Å². The maximum absolute atomic E-state index is 13.4. The van der Waals surface area contributed by atoms with E-state index < -0.39 is 29.5 Å². The number of oxazole rings is 1. The number of alkyl halides is 3. The summed E-state index contributed by atoms with van der Waals surface area (Å²) in [7, 11) is 2.86. The van der Waals surface area contributed by atoms with Gasteiger partial charge in [-0.2, -0.15) is 13.2 Å². The van der Waals surface area contributed by atoms with Crippen molar-refractivity contribution in [2.45, 2.75) is 6.18 Å². The van der Waals surface area contributed by atoms with Crippen molar-refractivity contribution in [3.63, 3.8) is 0 Å². The van der Waals surface area contributed by atoms with Gasteiger partial charge in [0.2, 0.25) is 11.7 Å². The number of amides is 1. The largest absolute Gasteiger partial charge is 0.468 e. The topological polar surface area (TPSA) is 97.6 Å². The number of nitrogens with one attached hydrogen (secondary N) is 1. The highest BCUT2D eigenvalue weighted by Gasteiger charge is 2.42. The number of ether oxygens (including phenoxy) is 1. The Kier molecular flexibility index (Phi) is 6.23. The highest BCUT2D eigenvalue weighted by atomic mass is 19.4. The highest BCUT2D eigenvalue weighted by Crippen LogP contribution is 2.35. The molecule has 11 heteroatoms. The number of likely N-dealkylation sites (N-methyl/N-ethyl adjacent to an activating group) is 1. The van der Waals surface area contributed by atoms with E-state index >= 15 is 0 Å². The van der Waals surface area contributed by atoms with E-state index in [0.29, 0.717) is 11.4 Å². The molecule has 0 radical (unpaired) electrons. The standard InChI is InChI=1S/C20H17F3N4O4/c1-27(11-15(28)30-2)14-9-8-13(10-24-14)25-18(29)16-17(20(21,22)23)31-19(26-16)12-6-4-3-5-7-12/h3-10H,11H2,1-2H3,(H,25,29). The zero-order chi connectivity index (χ0) is 22.6. The fourth-order valence-electron chi connectivity index (χ4n) is 2.59. The summed E-state index contributed by atoms with van der Waals surface area (Å²) in [5.74, 6) is -2.99. The summed E-state index contributed by atoms with van der Waals surface area (Å²) in [4.78, 5) is 33.2. The molecule has 2 heterocycles. The molecule has 0 atom stereocenters. The molecule has 2 aromatic heterocycles. The lowest BCUT2D eigenvalue weighted by molar-refractivity contribution is -0.153. The van der Waals surface area contributed by atoms with E-state index in [-0.39, 0.29) is 18.1 Å². The summed E-state index contributed by atoms with van der Waals surface area (Å²) in [6.07, 6.45) is -3.67. The quantitative estimate of drug-likeness (QED) is 0.592. The zero-order valence-corrected chi connectivity index (χ0v) is 16.4. The Labute approximate surface area is 174 Å². The van der Waals surface area contributed by atoms with Crippen LogP contribution in [0.4, 0.5) is 24.7 Å². The van der Waals surface area contributed by atoms with Crippen LogP contribution in [0.3, 0.4) is 0 Å². The molecule has 0 saturated carbocycles. The van der Waals surface area contributed by atoms with Crippen molar-refractivity contribution in [2.24, 2.45) is 0 Å². The van der Waals surface area contributed by atoms with Crippen molar-refractivity contribution in [3.05, 3.63) is 60.1 Å². The molecule has 0 spiro atoms. The predicted molar refractivity (Wildman–Crippen MR) is 104 cm³/mol. The molecule has 0 aliphatic carbocycles. The average molecular weight is 434 g/mol. The first kappa shape index (κ1) is 21.8. The summed E-state index contributed by atoms with van der Waals surface area (Å²) in [6, 6.07) is 10.8. The number of carbonyl (C=O) groups excluding carboxylic acids is 2. The first-order valence-electron chi connectivity index (χ1n) is 8.88. The Balaban J connectivity index is 1.81. The van der Waals surface area contributed by atoms with Crippen LogP contribution in [0, 0.1) is 0 Å². The second-order valence-corrected chi connectivity index (χ2v) is 6.35. The summed E-state index contributed by atoms with van der Waals surface area (Å²) >= 11 is 0. The van der Waals surface area contributed by atoms with E-state index in [1.165, 1.54) is 42.5 Å². The lowest BCUT2D eigenvalue weighted by atomic mass is 10.2. The van der Waals surface area contributed by atoms with Gasteiger partial charge in [-0.25, -0.2) is 9.97 Å². The van der Waals surface area contributed by atoms with Crippen molar-refractivity contribution < 1.29 is 31.9 Å². The fraction of sp³-hybridized carbons (Fsp3) is 0.200. The molecule has 3 aromatic rings. The molecule has 162 valence electrons. The molecule has 1 amide bonds. The van der Waals surface area contributed by atoms with Gasteiger partial charge < -0.3 is 19.4 Å². The Morgan fingerprint density at radius 2 is 1.87 bits per heavy atom. The van der Waals surface area contributed by atoms with Crippen LogP contribution < -0.4 is 10.2 Å². The summed E-state index contributed by atoms with van der Waals surface area (Å²) in [6.45, 7) is -0.0502.